The lowest BCUT2D eigenvalue weighted by molar-refractivity contribution is 0.0996. The molecule has 0 amide bonds. The number of ketones is 1. The number of ether oxygens (including phenoxy) is 1. The Labute approximate surface area is 77.8 Å². The van der Waals surface area contributed by atoms with Gasteiger partial charge in [0.2, 0.25) is 0 Å². The van der Waals surface area contributed by atoms with Gasteiger partial charge in [-0.2, -0.15) is 0 Å². The van der Waals surface area contributed by atoms with Crippen LogP contribution in [-0.4, -0.2) is 12.9 Å². The first kappa shape index (κ1) is 9.52. The maximum atomic E-state index is 11.3. The standard InChI is InChI=1S/C11H12O2/c1-3-4-11(12)9-5-7-10(13-2)8-6-9/h3,5-8H,1,4H2,2H3. The molecule has 68 valence electrons. The highest BCUT2D eigenvalue weighted by molar-refractivity contribution is 5.96. The number of carbonyl (C=O) groups excluding carboxylic acids is 1. The van der Waals surface area contributed by atoms with E-state index in [1.54, 1.807) is 37.5 Å². The van der Waals surface area contributed by atoms with Crippen molar-refractivity contribution in [2.24, 2.45) is 0 Å². The summed E-state index contributed by atoms with van der Waals surface area (Å²) in [6, 6.07) is 7.06. The van der Waals surface area contributed by atoms with E-state index < -0.39 is 0 Å². The second-order valence-electron chi connectivity index (χ2n) is 2.64. The number of hydrogen-bond donors (Lipinski definition) is 0. The average Bonchev–Trinajstić information content (AvgIpc) is 2.18. The summed E-state index contributed by atoms with van der Waals surface area (Å²) in [5.41, 5.74) is 0.695. The van der Waals surface area contributed by atoms with E-state index in [1.165, 1.54) is 0 Å². The van der Waals surface area contributed by atoms with E-state index in [0.717, 1.165) is 5.75 Å². The van der Waals surface area contributed by atoms with Gasteiger partial charge < -0.3 is 4.74 Å². The average molecular weight is 176 g/mol. The Balaban J connectivity index is 2.79. The molecule has 0 bridgehead atoms. The summed E-state index contributed by atoms with van der Waals surface area (Å²) in [7, 11) is 1.60. The molecule has 0 aliphatic carbocycles. The van der Waals surface area contributed by atoms with Crippen molar-refractivity contribution in [1.29, 1.82) is 0 Å². The predicted octanol–water partition coefficient (Wildman–Crippen LogP) is 2.45. The molecule has 0 radical (unpaired) electrons. The monoisotopic (exact) mass is 176 g/mol. The van der Waals surface area contributed by atoms with Crippen LogP contribution in [0.5, 0.6) is 5.75 Å². The Bertz CT molecular complexity index is 298. The summed E-state index contributed by atoms with van der Waals surface area (Å²) in [4.78, 5) is 11.3. The summed E-state index contributed by atoms with van der Waals surface area (Å²) < 4.78 is 4.98. The molecule has 0 aliphatic rings. The number of allylic oxidation sites excluding steroid dienone is 1. The molecule has 0 spiro atoms. The number of carbonyl (C=O) groups is 1. The minimum Gasteiger partial charge on any atom is -0.497 e. The Morgan fingerprint density at radius 3 is 2.54 bits per heavy atom. The fourth-order valence-corrected chi connectivity index (χ4v) is 1.03. The van der Waals surface area contributed by atoms with Crippen molar-refractivity contribution in [3.8, 4) is 5.75 Å². The molecule has 2 heteroatoms. The van der Waals surface area contributed by atoms with E-state index >= 15 is 0 Å². The molecule has 0 saturated carbocycles. The van der Waals surface area contributed by atoms with Crippen LogP contribution in [0.25, 0.3) is 0 Å². The Morgan fingerprint density at radius 1 is 1.46 bits per heavy atom. The van der Waals surface area contributed by atoms with Crippen LogP contribution in [0.4, 0.5) is 0 Å². The molecule has 1 rings (SSSR count). The van der Waals surface area contributed by atoms with Crippen LogP contribution in [0.3, 0.4) is 0 Å². The van der Waals surface area contributed by atoms with Crippen LogP contribution in [-0.2, 0) is 0 Å². The van der Waals surface area contributed by atoms with Gasteiger partial charge in [-0.05, 0) is 24.3 Å². The summed E-state index contributed by atoms with van der Waals surface area (Å²) in [5.74, 6) is 0.841. The minimum atomic E-state index is 0.0812. The molecular weight excluding hydrogens is 164 g/mol. The third kappa shape index (κ3) is 2.44. The maximum Gasteiger partial charge on any atom is 0.166 e. The summed E-state index contributed by atoms with van der Waals surface area (Å²) >= 11 is 0. The van der Waals surface area contributed by atoms with E-state index in [4.69, 9.17) is 4.74 Å². The molecule has 13 heavy (non-hydrogen) atoms. The van der Waals surface area contributed by atoms with Crippen molar-refractivity contribution in [3.63, 3.8) is 0 Å². The third-order valence-corrected chi connectivity index (χ3v) is 1.74. The number of Topliss-reactive ketones (excluding diaryl/α,β-unsaturated/α-hetero) is 1. The first-order valence-electron chi connectivity index (χ1n) is 4.06. The predicted molar refractivity (Wildman–Crippen MR) is 52.1 cm³/mol. The molecule has 0 heterocycles. The Hall–Kier alpha value is -1.57. The molecule has 0 aliphatic heterocycles. The quantitative estimate of drug-likeness (QED) is 0.520. The van der Waals surface area contributed by atoms with Crippen molar-refractivity contribution < 1.29 is 9.53 Å². The SMILES string of the molecule is C=CCC(=O)c1ccc(OC)cc1. The lowest BCUT2D eigenvalue weighted by Gasteiger charge is -2.00. The van der Waals surface area contributed by atoms with Gasteiger partial charge in [-0.25, -0.2) is 0 Å². The first-order valence-corrected chi connectivity index (χ1v) is 4.06. The number of rotatable bonds is 4. The Kier molecular flexibility index (Phi) is 3.26. The maximum absolute atomic E-state index is 11.3. The zero-order valence-electron chi connectivity index (χ0n) is 7.62. The molecule has 1 aromatic carbocycles. The Morgan fingerprint density at radius 2 is 2.08 bits per heavy atom. The normalized spacial score (nSPS) is 9.31. The molecule has 0 saturated heterocycles. The van der Waals surface area contributed by atoms with E-state index in [9.17, 15) is 4.79 Å². The molecule has 0 unspecified atom stereocenters. The molecule has 0 fully saturated rings. The lowest BCUT2D eigenvalue weighted by atomic mass is 10.1. The van der Waals surface area contributed by atoms with Crippen molar-refractivity contribution in [1.82, 2.24) is 0 Å². The first-order chi connectivity index (χ1) is 6.27. The molecule has 0 N–H and O–H groups in total. The second kappa shape index (κ2) is 4.45. The van der Waals surface area contributed by atoms with E-state index in [2.05, 4.69) is 6.58 Å². The van der Waals surface area contributed by atoms with Gasteiger partial charge in [0.05, 0.1) is 7.11 Å². The van der Waals surface area contributed by atoms with E-state index in [-0.39, 0.29) is 5.78 Å². The third-order valence-electron chi connectivity index (χ3n) is 1.74. The zero-order valence-corrected chi connectivity index (χ0v) is 7.62. The van der Waals surface area contributed by atoms with Crippen molar-refractivity contribution in [2.45, 2.75) is 6.42 Å². The molecular formula is C11H12O2. The fourth-order valence-electron chi connectivity index (χ4n) is 1.03. The highest BCUT2D eigenvalue weighted by Gasteiger charge is 2.02. The summed E-state index contributed by atoms with van der Waals surface area (Å²) in [6.45, 7) is 3.51. The van der Waals surface area contributed by atoms with Gasteiger partial charge in [0.1, 0.15) is 5.75 Å². The lowest BCUT2D eigenvalue weighted by Crippen LogP contribution is -1.96. The van der Waals surface area contributed by atoms with Gasteiger partial charge in [0, 0.05) is 12.0 Å². The van der Waals surface area contributed by atoms with Gasteiger partial charge >= 0.3 is 0 Å². The largest absolute Gasteiger partial charge is 0.497 e. The van der Waals surface area contributed by atoms with Gasteiger partial charge in [-0.3, -0.25) is 4.79 Å². The molecule has 0 aromatic heterocycles. The second-order valence-corrected chi connectivity index (χ2v) is 2.64. The smallest absolute Gasteiger partial charge is 0.166 e. The van der Waals surface area contributed by atoms with Crippen LogP contribution in [0.2, 0.25) is 0 Å². The van der Waals surface area contributed by atoms with Crippen molar-refractivity contribution in [2.75, 3.05) is 7.11 Å². The van der Waals surface area contributed by atoms with Gasteiger partial charge in [0.15, 0.2) is 5.78 Å². The molecule has 2 nitrogen and oxygen atoms in total. The van der Waals surface area contributed by atoms with Gasteiger partial charge in [-0.15, -0.1) is 6.58 Å². The van der Waals surface area contributed by atoms with Crippen LogP contribution >= 0.6 is 0 Å². The zero-order chi connectivity index (χ0) is 9.68. The molecule has 1 aromatic rings. The van der Waals surface area contributed by atoms with Crippen LogP contribution in [0.1, 0.15) is 16.8 Å². The number of methoxy groups -OCH3 is 1. The summed E-state index contributed by atoms with van der Waals surface area (Å²) in [6.07, 6.45) is 1.99. The number of benzene rings is 1. The van der Waals surface area contributed by atoms with Gasteiger partial charge in [-0.1, -0.05) is 6.08 Å². The number of hydrogen-bond acceptors (Lipinski definition) is 2. The topological polar surface area (TPSA) is 26.3 Å². The highest BCUT2D eigenvalue weighted by Crippen LogP contribution is 2.12. The van der Waals surface area contributed by atoms with Crippen LogP contribution < -0.4 is 4.74 Å². The fraction of sp³-hybridized carbons (Fsp3) is 0.182. The van der Waals surface area contributed by atoms with Crippen LogP contribution in [0.15, 0.2) is 36.9 Å². The molecule has 0 atom stereocenters. The van der Waals surface area contributed by atoms with Gasteiger partial charge in [0.25, 0.3) is 0 Å². The summed E-state index contributed by atoms with van der Waals surface area (Å²) in [5, 5.41) is 0. The van der Waals surface area contributed by atoms with E-state index in [1.807, 2.05) is 0 Å². The van der Waals surface area contributed by atoms with Crippen LogP contribution in [0, 0.1) is 0 Å². The van der Waals surface area contributed by atoms with Crippen molar-refractivity contribution in [3.05, 3.63) is 42.5 Å². The van der Waals surface area contributed by atoms with E-state index in [0.29, 0.717) is 12.0 Å². The van der Waals surface area contributed by atoms with Crippen molar-refractivity contribution >= 4 is 5.78 Å². The highest BCUT2D eigenvalue weighted by atomic mass is 16.5. The minimum absolute atomic E-state index is 0.0812.